The second-order valence-electron chi connectivity index (χ2n) is 14.6. The van der Waals surface area contributed by atoms with E-state index in [4.69, 9.17) is 18.9 Å². The first-order valence-corrected chi connectivity index (χ1v) is 20.7. The van der Waals surface area contributed by atoms with Crippen LogP contribution < -0.4 is 31.9 Å². The number of nitrogens with one attached hydrogen (secondary N) is 6. The fraction of sp³-hybridized carbons (Fsp3) is 0.409. The number of rotatable bonds is 24. The van der Waals surface area contributed by atoms with E-state index in [1.807, 2.05) is 0 Å². The molecule has 0 saturated carbocycles. The molecule has 24 heteroatoms. The summed E-state index contributed by atoms with van der Waals surface area (Å²) in [6.45, 7) is -1.28. The molecule has 2 atom stereocenters. The van der Waals surface area contributed by atoms with Crippen LogP contribution in [0, 0.1) is 0 Å². The van der Waals surface area contributed by atoms with Gasteiger partial charge in [0.2, 0.25) is 11.8 Å². The summed E-state index contributed by atoms with van der Waals surface area (Å²) < 4.78 is 96.0. The van der Waals surface area contributed by atoms with Crippen LogP contribution in [-0.4, -0.2) is 100 Å². The molecule has 370 valence electrons. The van der Waals surface area contributed by atoms with Crippen LogP contribution in [0.1, 0.15) is 81.5 Å². The van der Waals surface area contributed by atoms with Crippen molar-refractivity contribution >= 4 is 47.8 Å². The Morgan fingerprint density at radius 1 is 0.515 bits per heavy atom. The molecule has 0 bridgehead atoms. The third kappa shape index (κ3) is 20.0. The molecule has 0 heterocycles. The molecule has 0 aromatic heterocycles. The van der Waals surface area contributed by atoms with Crippen molar-refractivity contribution in [3.8, 4) is 0 Å². The number of unbranched alkanes of at least 4 members (excludes halogenated alkanes) is 2. The van der Waals surface area contributed by atoms with Crippen LogP contribution >= 0.6 is 0 Å². The second-order valence-corrected chi connectivity index (χ2v) is 14.6. The minimum Gasteiger partial charge on any atom is -0.467 e. The van der Waals surface area contributed by atoms with Crippen molar-refractivity contribution in [3.63, 3.8) is 0 Å². The Balaban J connectivity index is 1.30. The molecule has 0 spiro atoms. The number of hydrogen-bond donors (Lipinski definition) is 6. The van der Waals surface area contributed by atoms with Crippen molar-refractivity contribution in [2.45, 2.75) is 76.2 Å². The lowest BCUT2D eigenvalue weighted by Crippen LogP contribution is -2.42. The maximum atomic E-state index is 12.8. The first kappa shape index (κ1) is 54.9. The van der Waals surface area contributed by atoms with Gasteiger partial charge in [0.05, 0.1) is 38.4 Å². The highest BCUT2D eigenvalue weighted by Crippen LogP contribution is 2.30. The van der Waals surface area contributed by atoms with Crippen LogP contribution in [0.2, 0.25) is 0 Å². The van der Waals surface area contributed by atoms with Gasteiger partial charge in [0.25, 0.3) is 11.8 Å². The van der Waals surface area contributed by atoms with Crippen LogP contribution in [0.25, 0.3) is 0 Å². The number of amides is 6. The summed E-state index contributed by atoms with van der Waals surface area (Å²) in [5.41, 5.74) is -1.07. The van der Waals surface area contributed by atoms with Gasteiger partial charge in [-0.05, 0) is 92.1 Å². The van der Waals surface area contributed by atoms with Crippen molar-refractivity contribution in [3.05, 3.63) is 106 Å². The lowest BCUT2D eigenvalue weighted by atomic mass is 10.1. The number of halogens is 6. The number of alkyl carbamates (subject to hydrolysis) is 2. The fourth-order valence-electron chi connectivity index (χ4n) is 5.88. The Hall–Kier alpha value is -7.40. The van der Waals surface area contributed by atoms with E-state index in [2.05, 4.69) is 31.9 Å². The van der Waals surface area contributed by atoms with Crippen LogP contribution in [-0.2, 0) is 63.7 Å². The van der Waals surface area contributed by atoms with Gasteiger partial charge in [0, 0.05) is 24.2 Å². The molecule has 0 fully saturated rings. The zero-order valence-corrected chi connectivity index (χ0v) is 36.7. The third-order valence-corrected chi connectivity index (χ3v) is 9.55. The number of hydrogen-bond acceptors (Lipinski definition) is 12. The van der Waals surface area contributed by atoms with Crippen LogP contribution in [0.4, 0.5) is 35.9 Å². The predicted octanol–water partition coefficient (Wildman–Crippen LogP) is 4.69. The van der Waals surface area contributed by atoms with E-state index in [9.17, 15) is 64.7 Å². The SMILES string of the molecule is COC(=O)[C@H](CCCCNC(=O)CNC(=O)c1cccc(C(=O)NCC(=O)NCCCC[C@H](NC(=O)OCc2ccc(C(F)(F)F)cc2)C(=O)OC)c1)NC(=O)OCc1ccc(C(F)(F)F)cc1. The minimum atomic E-state index is -4.52. The molecular weight excluding hydrogens is 919 g/mol. The number of carbonyl (C=O) groups is 8. The van der Waals surface area contributed by atoms with E-state index in [0.29, 0.717) is 25.7 Å². The average molecular weight is 969 g/mol. The summed E-state index contributed by atoms with van der Waals surface area (Å²) in [5, 5.41) is 14.7. The highest BCUT2D eigenvalue weighted by atomic mass is 19.4. The number of esters is 2. The maximum absolute atomic E-state index is 12.8. The molecule has 6 N–H and O–H groups in total. The zero-order chi connectivity index (χ0) is 50.3. The molecule has 3 aromatic rings. The predicted molar refractivity (Wildman–Crippen MR) is 226 cm³/mol. The monoisotopic (exact) mass is 968 g/mol. The van der Waals surface area contributed by atoms with Gasteiger partial charge in [0.1, 0.15) is 25.3 Å². The average Bonchev–Trinajstić information content (AvgIpc) is 3.31. The standard InChI is InChI=1S/C44H50F6N6O12/c1-65-39(61)33(55-41(63)67-25-27-12-16-31(17-13-27)43(45,46)47)10-3-5-20-51-35(57)23-53-37(59)29-8-7-9-30(22-29)38(60)54-24-36(58)52-21-6-4-11-34(40(62)66-2)56-42(64)68-26-28-14-18-32(19-15-28)44(48,49)50/h7-9,12-19,22,33-34H,3-6,10-11,20-21,23-26H2,1-2H3,(H,51,57)(H,52,58)(H,53,59)(H,54,60)(H,55,63)(H,56,64)/t33-,34-/m0/s1. The van der Waals surface area contributed by atoms with E-state index in [1.165, 1.54) is 24.3 Å². The maximum Gasteiger partial charge on any atom is 0.416 e. The molecule has 6 amide bonds. The third-order valence-electron chi connectivity index (χ3n) is 9.55. The lowest BCUT2D eigenvalue weighted by Gasteiger charge is -2.16. The Bertz CT molecular complexity index is 2040. The number of benzene rings is 3. The van der Waals surface area contributed by atoms with Gasteiger partial charge in [-0.3, -0.25) is 19.2 Å². The topological polar surface area (TPSA) is 246 Å². The van der Waals surface area contributed by atoms with Gasteiger partial charge < -0.3 is 50.8 Å². The van der Waals surface area contributed by atoms with E-state index in [0.717, 1.165) is 62.8 Å². The first-order valence-electron chi connectivity index (χ1n) is 20.7. The summed E-state index contributed by atoms with van der Waals surface area (Å²) in [5.74, 6) is -4.00. The van der Waals surface area contributed by atoms with E-state index in [-0.39, 0.29) is 61.4 Å². The van der Waals surface area contributed by atoms with Gasteiger partial charge in [-0.25, -0.2) is 19.2 Å². The van der Waals surface area contributed by atoms with Crippen molar-refractivity contribution in [2.75, 3.05) is 40.4 Å². The van der Waals surface area contributed by atoms with Crippen LogP contribution in [0.15, 0.2) is 72.8 Å². The van der Waals surface area contributed by atoms with Crippen molar-refractivity contribution < 1.29 is 83.6 Å². The normalized spacial score (nSPS) is 12.0. The summed E-state index contributed by atoms with van der Waals surface area (Å²) in [6.07, 6.45) is -9.52. The number of carbonyl (C=O) groups excluding carboxylic acids is 8. The molecule has 0 aliphatic carbocycles. The molecule has 18 nitrogen and oxygen atoms in total. The van der Waals surface area contributed by atoms with E-state index < -0.39 is 96.4 Å². The van der Waals surface area contributed by atoms with E-state index >= 15 is 0 Å². The summed E-state index contributed by atoms with van der Waals surface area (Å²) in [4.78, 5) is 99.1. The first-order chi connectivity index (χ1) is 32.2. The number of ether oxygens (including phenoxy) is 4. The Morgan fingerprint density at radius 3 is 1.22 bits per heavy atom. The number of methoxy groups -OCH3 is 2. The summed E-state index contributed by atoms with van der Waals surface area (Å²) >= 11 is 0. The smallest absolute Gasteiger partial charge is 0.416 e. The molecule has 3 aromatic carbocycles. The van der Waals surface area contributed by atoms with Gasteiger partial charge >= 0.3 is 36.5 Å². The van der Waals surface area contributed by atoms with Crippen molar-refractivity contribution in [1.29, 1.82) is 0 Å². The molecule has 0 aliphatic heterocycles. The van der Waals surface area contributed by atoms with Gasteiger partial charge in [-0.1, -0.05) is 30.3 Å². The largest absolute Gasteiger partial charge is 0.467 e. The Kier molecular flexibility index (Phi) is 22.0. The lowest BCUT2D eigenvalue weighted by molar-refractivity contribution is -0.144. The molecule has 0 aliphatic rings. The molecule has 0 radical (unpaired) electrons. The number of alkyl halides is 6. The van der Waals surface area contributed by atoms with E-state index in [1.54, 1.807) is 0 Å². The second kappa shape index (κ2) is 27.3. The molecule has 0 saturated heterocycles. The highest BCUT2D eigenvalue weighted by molar-refractivity contribution is 6.01. The Labute approximate surface area is 385 Å². The van der Waals surface area contributed by atoms with Gasteiger partial charge in [0.15, 0.2) is 0 Å². The molecule has 3 rings (SSSR count). The van der Waals surface area contributed by atoms with Crippen molar-refractivity contribution in [1.82, 2.24) is 31.9 Å². The highest BCUT2D eigenvalue weighted by Gasteiger charge is 2.31. The molecule has 68 heavy (non-hydrogen) atoms. The van der Waals surface area contributed by atoms with Crippen LogP contribution in [0.5, 0.6) is 0 Å². The quantitative estimate of drug-likeness (QED) is 0.0310. The summed E-state index contributed by atoms with van der Waals surface area (Å²) in [6, 6.07) is 11.2. The minimum absolute atomic E-state index is 0.0429. The molecule has 0 unspecified atom stereocenters. The van der Waals surface area contributed by atoms with Gasteiger partial charge in [-0.15, -0.1) is 0 Å². The van der Waals surface area contributed by atoms with Gasteiger partial charge in [-0.2, -0.15) is 26.3 Å². The fourth-order valence-corrected chi connectivity index (χ4v) is 5.88. The molecular formula is C44H50F6N6O12. The van der Waals surface area contributed by atoms with Crippen LogP contribution in [0.3, 0.4) is 0 Å². The summed E-state index contributed by atoms with van der Waals surface area (Å²) in [7, 11) is 2.23. The zero-order valence-electron chi connectivity index (χ0n) is 36.7. The Morgan fingerprint density at radius 2 is 0.882 bits per heavy atom. The van der Waals surface area contributed by atoms with Crippen molar-refractivity contribution in [2.24, 2.45) is 0 Å².